The molecular weight excluding hydrogens is 352 g/mol. The minimum atomic E-state index is -3.93. The molecule has 1 aliphatic rings. The Morgan fingerprint density at radius 2 is 1.69 bits per heavy atom. The molecule has 138 valence electrons. The molecule has 0 radical (unpaired) electrons. The van der Waals surface area contributed by atoms with Crippen molar-refractivity contribution in [2.24, 2.45) is 0 Å². The lowest BCUT2D eigenvalue weighted by molar-refractivity contribution is -0.117. The second kappa shape index (κ2) is 6.32. The number of amides is 1. The number of carbonyl (C=O) groups is 1. The number of benzene rings is 2. The van der Waals surface area contributed by atoms with Gasteiger partial charge in [-0.15, -0.1) is 0 Å². The molecular formula is C19H22N2O4S. The number of phenolic OH excluding ortho intramolecular Hbond substituents is 1. The standard InChI is InChI=1S/C19H22N2O4S/c1-19(2,3)15-7-4-13(5-8-15)10-14-6-9-16(17(22)11-14)21-12-18(23)20-26(21,24)25/h4-9,11,22H,10,12H2,1-3H3,(H,20,23). The van der Waals surface area contributed by atoms with Gasteiger partial charge >= 0.3 is 10.2 Å². The first kappa shape index (κ1) is 18.3. The normalized spacial score (nSPS) is 16.6. The van der Waals surface area contributed by atoms with Crippen LogP contribution in [0.3, 0.4) is 0 Å². The first-order valence-corrected chi connectivity index (χ1v) is 9.75. The molecule has 2 N–H and O–H groups in total. The number of rotatable bonds is 3. The third kappa shape index (κ3) is 3.67. The molecule has 1 saturated heterocycles. The van der Waals surface area contributed by atoms with Gasteiger partial charge < -0.3 is 5.11 Å². The lowest BCUT2D eigenvalue weighted by atomic mass is 9.86. The van der Waals surface area contributed by atoms with Gasteiger partial charge in [-0.3, -0.25) is 4.79 Å². The van der Waals surface area contributed by atoms with Crippen molar-refractivity contribution in [3.05, 3.63) is 59.2 Å². The Morgan fingerprint density at radius 3 is 2.19 bits per heavy atom. The SMILES string of the molecule is CC(C)(C)c1ccc(Cc2ccc(N3CC(=O)NS3(=O)=O)c(O)c2)cc1. The van der Waals surface area contributed by atoms with Crippen LogP contribution < -0.4 is 9.03 Å². The van der Waals surface area contributed by atoms with Crippen molar-refractivity contribution in [3.8, 4) is 5.75 Å². The van der Waals surface area contributed by atoms with Crippen molar-refractivity contribution < 1.29 is 18.3 Å². The number of carbonyl (C=O) groups excluding carboxylic acids is 1. The molecule has 2 aromatic carbocycles. The second-order valence-electron chi connectivity index (χ2n) is 7.48. The highest BCUT2D eigenvalue weighted by atomic mass is 32.2. The Bertz CT molecular complexity index is 944. The molecule has 26 heavy (non-hydrogen) atoms. The van der Waals surface area contributed by atoms with Gasteiger partial charge in [0, 0.05) is 0 Å². The van der Waals surface area contributed by atoms with Gasteiger partial charge in [-0.25, -0.2) is 9.03 Å². The van der Waals surface area contributed by atoms with E-state index in [1.807, 2.05) is 4.72 Å². The minimum absolute atomic E-state index is 0.0884. The highest BCUT2D eigenvalue weighted by Gasteiger charge is 2.35. The number of nitrogens with zero attached hydrogens (tertiary/aromatic N) is 1. The lowest BCUT2D eigenvalue weighted by Gasteiger charge is -2.19. The van der Waals surface area contributed by atoms with Gasteiger partial charge in [-0.1, -0.05) is 51.1 Å². The van der Waals surface area contributed by atoms with E-state index in [4.69, 9.17) is 0 Å². The molecule has 1 amide bonds. The highest BCUT2D eigenvalue weighted by Crippen LogP contribution is 2.32. The smallest absolute Gasteiger partial charge is 0.326 e. The summed E-state index contributed by atoms with van der Waals surface area (Å²) in [5.41, 5.74) is 3.37. The average molecular weight is 374 g/mol. The van der Waals surface area contributed by atoms with E-state index in [9.17, 15) is 18.3 Å². The zero-order valence-electron chi connectivity index (χ0n) is 15.0. The second-order valence-corrected chi connectivity index (χ2v) is 9.08. The Labute approximate surface area is 153 Å². The van der Waals surface area contributed by atoms with Crippen molar-refractivity contribution in [2.75, 3.05) is 10.8 Å². The van der Waals surface area contributed by atoms with E-state index in [1.54, 1.807) is 6.07 Å². The fourth-order valence-electron chi connectivity index (χ4n) is 2.91. The van der Waals surface area contributed by atoms with Gasteiger partial charge in [0.1, 0.15) is 12.3 Å². The van der Waals surface area contributed by atoms with Crippen LogP contribution in [0.1, 0.15) is 37.5 Å². The summed E-state index contributed by atoms with van der Waals surface area (Å²) in [6.07, 6.45) is 0.613. The maximum absolute atomic E-state index is 11.9. The number of hydrogen-bond donors (Lipinski definition) is 2. The van der Waals surface area contributed by atoms with Crippen molar-refractivity contribution >= 4 is 21.8 Å². The minimum Gasteiger partial charge on any atom is -0.506 e. The predicted molar refractivity (Wildman–Crippen MR) is 100 cm³/mol. The average Bonchev–Trinajstić information content (AvgIpc) is 2.79. The van der Waals surface area contributed by atoms with E-state index in [2.05, 4.69) is 45.0 Å². The number of aromatic hydroxyl groups is 1. The van der Waals surface area contributed by atoms with Gasteiger partial charge in [-0.2, -0.15) is 8.42 Å². The van der Waals surface area contributed by atoms with Crippen LogP contribution in [0.5, 0.6) is 5.75 Å². The highest BCUT2D eigenvalue weighted by molar-refractivity contribution is 7.92. The maximum atomic E-state index is 11.9. The molecule has 1 heterocycles. The van der Waals surface area contributed by atoms with Crippen LogP contribution in [-0.2, 0) is 26.8 Å². The Balaban J connectivity index is 1.81. The molecule has 0 unspecified atom stereocenters. The zero-order chi connectivity index (χ0) is 19.1. The first-order valence-electron chi connectivity index (χ1n) is 8.31. The monoisotopic (exact) mass is 374 g/mol. The van der Waals surface area contributed by atoms with Gasteiger partial charge in [-0.05, 0) is 40.7 Å². The fraction of sp³-hybridized carbons (Fsp3) is 0.316. The molecule has 1 aliphatic heterocycles. The van der Waals surface area contributed by atoms with E-state index in [0.29, 0.717) is 6.42 Å². The van der Waals surface area contributed by atoms with Crippen LogP contribution in [0.25, 0.3) is 0 Å². The first-order chi connectivity index (χ1) is 12.1. The van der Waals surface area contributed by atoms with Crippen molar-refractivity contribution in [1.82, 2.24) is 4.72 Å². The molecule has 0 bridgehead atoms. The van der Waals surface area contributed by atoms with E-state index < -0.39 is 16.1 Å². The fourth-order valence-corrected chi connectivity index (χ4v) is 4.07. The Morgan fingerprint density at radius 1 is 1.08 bits per heavy atom. The van der Waals surface area contributed by atoms with Gasteiger partial charge in [0.15, 0.2) is 0 Å². The number of phenols is 1. The topological polar surface area (TPSA) is 86.7 Å². The molecule has 0 spiro atoms. The zero-order valence-corrected chi connectivity index (χ0v) is 15.8. The van der Waals surface area contributed by atoms with E-state index in [-0.39, 0.29) is 23.4 Å². The van der Waals surface area contributed by atoms with E-state index in [1.165, 1.54) is 17.7 Å². The molecule has 3 rings (SSSR count). The van der Waals surface area contributed by atoms with Gasteiger partial charge in [0.05, 0.1) is 5.69 Å². The molecule has 0 saturated carbocycles. The van der Waals surface area contributed by atoms with Crippen molar-refractivity contribution in [3.63, 3.8) is 0 Å². The summed E-state index contributed by atoms with van der Waals surface area (Å²) in [6.45, 7) is 6.14. The van der Waals surface area contributed by atoms with Crippen LogP contribution in [0.4, 0.5) is 5.69 Å². The summed E-state index contributed by atoms with van der Waals surface area (Å²) < 4.78 is 26.5. The molecule has 0 atom stereocenters. The third-order valence-electron chi connectivity index (χ3n) is 4.36. The van der Waals surface area contributed by atoms with Gasteiger partial charge in [0.25, 0.3) is 5.91 Å². The van der Waals surface area contributed by atoms with Crippen LogP contribution in [0.15, 0.2) is 42.5 Å². The summed E-state index contributed by atoms with van der Waals surface area (Å²) in [4.78, 5) is 11.3. The molecule has 6 nitrogen and oxygen atoms in total. The molecule has 0 aromatic heterocycles. The van der Waals surface area contributed by atoms with Crippen LogP contribution in [0.2, 0.25) is 0 Å². The third-order valence-corrected chi connectivity index (χ3v) is 5.75. The molecule has 0 aliphatic carbocycles. The van der Waals surface area contributed by atoms with E-state index in [0.717, 1.165) is 15.4 Å². The quantitative estimate of drug-likeness (QED) is 0.864. The van der Waals surface area contributed by atoms with Crippen LogP contribution in [-0.4, -0.2) is 26.0 Å². The van der Waals surface area contributed by atoms with Crippen molar-refractivity contribution in [1.29, 1.82) is 0 Å². The number of anilines is 1. The van der Waals surface area contributed by atoms with E-state index >= 15 is 0 Å². The number of nitrogens with one attached hydrogen (secondary N) is 1. The molecule has 1 fully saturated rings. The Hall–Kier alpha value is -2.54. The summed E-state index contributed by atoms with van der Waals surface area (Å²) in [5, 5.41) is 10.3. The maximum Gasteiger partial charge on any atom is 0.326 e. The number of hydrogen-bond acceptors (Lipinski definition) is 4. The van der Waals surface area contributed by atoms with Crippen molar-refractivity contribution in [2.45, 2.75) is 32.6 Å². The summed E-state index contributed by atoms with van der Waals surface area (Å²) in [7, 11) is -3.93. The largest absolute Gasteiger partial charge is 0.506 e. The van der Waals surface area contributed by atoms with Gasteiger partial charge in [0.2, 0.25) is 0 Å². The summed E-state index contributed by atoms with van der Waals surface area (Å²) >= 11 is 0. The van der Waals surface area contributed by atoms with Crippen LogP contribution in [0, 0.1) is 0 Å². The molecule has 2 aromatic rings. The predicted octanol–water partition coefficient (Wildman–Crippen LogP) is 2.46. The lowest BCUT2D eigenvalue weighted by Crippen LogP contribution is -2.29. The summed E-state index contributed by atoms with van der Waals surface area (Å²) in [5.74, 6) is -0.790. The summed E-state index contributed by atoms with van der Waals surface area (Å²) in [6, 6.07) is 13.1. The Kier molecular flexibility index (Phi) is 4.44. The molecule has 7 heteroatoms. The van der Waals surface area contributed by atoms with Crippen LogP contribution >= 0.6 is 0 Å².